The first-order valence-electron chi connectivity index (χ1n) is 8.66. The van der Waals surface area contributed by atoms with Gasteiger partial charge >= 0.3 is 5.97 Å². The molecule has 0 aliphatic rings. The molecule has 0 bridgehead atoms. The molecule has 0 spiro atoms. The third-order valence-electron chi connectivity index (χ3n) is 4.17. The van der Waals surface area contributed by atoms with Crippen molar-refractivity contribution >= 4 is 16.9 Å². The summed E-state index contributed by atoms with van der Waals surface area (Å²) in [6.07, 6.45) is 4.77. The van der Waals surface area contributed by atoms with Gasteiger partial charge in [0.15, 0.2) is 0 Å². The molecular formula is C21H23NO2. The Morgan fingerprint density at radius 3 is 2.62 bits per heavy atom. The number of H-pyrrole nitrogens is 1. The van der Waals surface area contributed by atoms with Crippen LogP contribution in [0.25, 0.3) is 22.2 Å². The zero-order chi connectivity index (χ0) is 16.8. The Morgan fingerprint density at radius 1 is 1.00 bits per heavy atom. The van der Waals surface area contributed by atoms with Crippen LogP contribution < -0.4 is 4.74 Å². The summed E-state index contributed by atoms with van der Waals surface area (Å²) in [4.78, 5) is 15.5. The summed E-state index contributed by atoms with van der Waals surface area (Å²) >= 11 is 0. The molecule has 1 N–H and O–H groups in total. The van der Waals surface area contributed by atoms with Crippen LogP contribution in [0.15, 0.2) is 54.6 Å². The van der Waals surface area contributed by atoms with E-state index in [0.717, 1.165) is 41.4 Å². The van der Waals surface area contributed by atoms with E-state index in [2.05, 4.69) is 24.0 Å². The number of aromatic amines is 1. The molecule has 0 radical (unpaired) electrons. The van der Waals surface area contributed by atoms with Crippen LogP contribution in [-0.2, 0) is 4.79 Å². The molecule has 0 atom stereocenters. The number of nitrogens with one attached hydrogen (secondary N) is 1. The summed E-state index contributed by atoms with van der Waals surface area (Å²) in [6.45, 7) is 2.16. The molecule has 0 aliphatic carbocycles. The maximum absolute atomic E-state index is 12.1. The van der Waals surface area contributed by atoms with E-state index >= 15 is 0 Å². The Labute approximate surface area is 142 Å². The lowest BCUT2D eigenvalue weighted by Crippen LogP contribution is -2.08. The summed E-state index contributed by atoms with van der Waals surface area (Å²) in [5, 5.41) is 1.15. The highest BCUT2D eigenvalue weighted by atomic mass is 16.5. The van der Waals surface area contributed by atoms with E-state index in [1.807, 2.05) is 42.5 Å². The van der Waals surface area contributed by atoms with Crippen molar-refractivity contribution in [1.82, 2.24) is 4.98 Å². The number of benzene rings is 2. The van der Waals surface area contributed by atoms with Gasteiger partial charge in [-0.2, -0.15) is 0 Å². The van der Waals surface area contributed by atoms with E-state index in [1.54, 1.807) is 0 Å². The zero-order valence-corrected chi connectivity index (χ0v) is 14.0. The highest BCUT2D eigenvalue weighted by Crippen LogP contribution is 2.31. The fourth-order valence-electron chi connectivity index (χ4n) is 2.87. The number of fused-ring (bicyclic) bond motifs is 1. The van der Waals surface area contributed by atoms with Crippen molar-refractivity contribution < 1.29 is 9.53 Å². The lowest BCUT2D eigenvalue weighted by Gasteiger charge is -2.09. The Bertz CT molecular complexity index is 786. The maximum atomic E-state index is 12.1. The number of unbranched alkanes of at least 4 members (excludes halogenated alkanes) is 3. The number of hydrogen-bond acceptors (Lipinski definition) is 2. The van der Waals surface area contributed by atoms with Crippen LogP contribution in [0.3, 0.4) is 0 Å². The number of ether oxygens (including phenoxy) is 1. The Kier molecular flexibility index (Phi) is 5.32. The van der Waals surface area contributed by atoms with Crippen molar-refractivity contribution in [1.29, 1.82) is 0 Å². The molecule has 1 aromatic heterocycles. The van der Waals surface area contributed by atoms with Crippen molar-refractivity contribution in [2.45, 2.75) is 39.0 Å². The summed E-state index contributed by atoms with van der Waals surface area (Å²) in [7, 11) is 0. The van der Waals surface area contributed by atoms with Gasteiger partial charge in [0.05, 0.1) is 5.69 Å². The van der Waals surface area contributed by atoms with Gasteiger partial charge in [0, 0.05) is 22.9 Å². The molecule has 0 amide bonds. The van der Waals surface area contributed by atoms with Gasteiger partial charge in [0.1, 0.15) is 5.75 Å². The maximum Gasteiger partial charge on any atom is 0.311 e. The van der Waals surface area contributed by atoms with Gasteiger partial charge in [-0.3, -0.25) is 4.79 Å². The molecule has 24 heavy (non-hydrogen) atoms. The molecule has 1 heterocycles. The number of carbonyl (C=O) groups excluding carboxylic acids is 1. The number of rotatable bonds is 7. The van der Waals surface area contributed by atoms with Crippen LogP contribution in [0.5, 0.6) is 5.75 Å². The summed E-state index contributed by atoms with van der Waals surface area (Å²) < 4.78 is 5.62. The number of hydrogen-bond donors (Lipinski definition) is 1. The minimum Gasteiger partial charge on any atom is -0.426 e. The molecule has 0 saturated carbocycles. The molecule has 124 valence electrons. The van der Waals surface area contributed by atoms with Crippen LogP contribution in [0.4, 0.5) is 0 Å². The van der Waals surface area contributed by atoms with Gasteiger partial charge < -0.3 is 9.72 Å². The summed E-state index contributed by atoms with van der Waals surface area (Å²) in [5.74, 6) is 0.458. The largest absolute Gasteiger partial charge is 0.426 e. The monoisotopic (exact) mass is 321 g/mol. The van der Waals surface area contributed by atoms with Crippen LogP contribution in [0.1, 0.15) is 39.0 Å². The molecule has 3 heteroatoms. The first-order valence-corrected chi connectivity index (χ1v) is 8.66. The van der Waals surface area contributed by atoms with E-state index in [4.69, 9.17) is 4.74 Å². The quantitative estimate of drug-likeness (QED) is 0.344. The molecule has 0 fully saturated rings. The topological polar surface area (TPSA) is 42.1 Å². The molecule has 0 saturated heterocycles. The first-order chi connectivity index (χ1) is 11.8. The Morgan fingerprint density at radius 2 is 1.79 bits per heavy atom. The number of carbonyl (C=O) groups is 1. The van der Waals surface area contributed by atoms with E-state index in [0.29, 0.717) is 12.2 Å². The first kappa shape index (κ1) is 16.3. The minimum absolute atomic E-state index is 0.158. The second-order valence-electron chi connectivity index (χ2n) is 6.05. The van der Waals surface area contributed by atoms with Gasteiger partial charge in [-0.15, -0.1) is 0 Å². The second kappa shape index (κ2) is 7.82. The molecular weight excluding hydrogens is 298 g/mol. The van der Waals surface area contributed by atoms with Crippen LogP contribution in [0, 0.1) is 0 Å². The Balaban J connectivity index is 1.76. The summed E-state index contributed by atoms with van der Waals surface area (Å²) in [6, 6.07) is 17.9. The van der Waals surface area contributed by atoms with Crippen LogP contribution in [-0.4, -0.2) is 11.0 Å². The fourth-order valence-corrected chi connectivity index (χ4v) is 2.87. The van der Waals surface area contributed by atoms with E-state index in [1.165, 1.54) is 6.42 Å². The number of aromatic nitrogens is 1. The van der Waals surface area contributed by atoms with Crippen molar-refractivity contribution in [2.75, 3.05) is 0 Å². The minimum atomic E-state index is -0.158. The lowest BCUT2D eigenvalue weighted by molar-refractivity contribution is -0.134. The second-order valence-corrected chi connectivity index (χ2v) is 6.05. The molecule has 0 aliphatic heterocycles. The van der Waals surface area contributed by atoms with Gasteiger partial charge in [0.2, 0.25) is 0 Å². The molecule has 2 aromatic carbocycles. The van der Waals surface area contributed by atoms with Crippen molar-refractivity contribution in [3.8, 4) is 17.0 Å². The highest BCUT2D eigenvalue weighted by Gasteiger charge is 2.12. The van der Waals surface area contributed by atoms with Gasteiger partial charge in [-0.05, 0) is 30.7 Å². The third kappa shape index (κ3) is 3.85. The number of esters is 1. The van der Waals surface area contributed by atoms with E-state index < -0.39 is 0 Å². The fraction of sp³-hybridized carbons (Fsp3) is 0.286. The number of para-hydroxylation sites is 2. The average Bonchev–Trinajstić information content (AvgIpc) is 3.03. The van der Waals surface area contributed by atoms with Crippen molar-refractivity contribution in [3.05, 3.63) is 54.6 Å². The predicted molar refractivity (Wildman–Crippen MR) is 98.1 cm³/mol. The van der Waals surface area contributed by atoms with Crippen molar-refractivity contribution in [3.63, 3.8) is 0 Å². The normalized spacial score (nSPS) is 10.9. The van der Waals surface area contributed by atoms with Crippen LogP contribution >= 0.6 is 0 Å². The SMILES string of the molecule is CCCCCCC(=O)Oc1ccccc1-c1cc2ccccc2[nH]1. The van der Waals surface area contributed by atoms with Crippen molar-refractivity contribution in [2.24, 2.45) is 0 Å². The Hall–Kier alpha value is -2.55. The van der Waals surface area contributed by atoms with E-state index in [9.17, 15) is 4.79 Å². The standard InChI is InChI=1S/C21H23NO2/c1-2-3-4-5-14-21(23)24-20-13-9-7-11-17(20)19-15-16-10-6-8-12-18(16)22-19/h6-13,15,22H,2-5,14H2,1H3. The van der Waals surface area contributed by atoms with E-state index in [-0.39, 0.29) is 5.97 Å². The average molecular weight is 321 g/mol. The van der Waals surface area contributed by atoms with Gasteiger partial charge in [-0.25, -0.2) is 0 Å². The molecule has 3 nitrogen and oxygen atoms in total. The van der Waals surface area contributed by atoms with Gasteiger partial charge in [0.25, 0.3) is 0 Å². The molecule has 3 aromatic rings. The molecule has 3 rings (SSSR count). The van der Waals surface area contributed by atoms with Gasteiger partial charge in [-0.1, -0.05) is 56.5 Å². The van der Waals surface area contributed by atoms with Crippen LogP contribution in [0.2, 0.25) is 0 Å². The lowest BCUT2D eigenvalue weighted by atomic mass is 10.1. The molecule has 0 unspecified atom stereocenters. The predicted octanol–water partition coefficient (Wildman–Crippen LogP) is 5.71. The smallest absolute Gasteiger partial charge is 0.311 e. The highest BCUT2D eigenvalue weighted by molar-refractivity contribution is 5.87. The third-order valence-corrected chi connectivity index (χ3v) is 4.17. The zero-order valence-electron chi connectivity index (χ0n) is 14.0. The summed E-state index contributed by atoms with van der Waals surface area (Å²) in [5.41, 5.74) is 2.95.